The quantitative estimate of drug-likeness (QED) is 0.726. The molecule has 1 aromatic heterocycles. The molecule has 0 aliphatic heterocycles. The lowest BCUT2D eigenvalue weighted by Crippen LogP contribution is -1.95. The van der Waals surface area contributed by atoms with Crippen LogP contribution < -0.4 is 4.74 Å². The highest BCUT2D eigenvalue weighted by molar-refractivity contribution is 5.53. The van der Waals surface area contributed by atoms with E-state index in [2.05, 4.69) is 10.2 Å². The topological polar surface area (TPSA) is 48.2 Å². The third-order valence-electron chi connectivity index (χ3n) is 3.12. The lowest BCUT2D eigenvalue weighted by molar-refractivity contribution is 0.264. The number of hydrogen-bond donors (Lipinski definition) is 0. The van der Waals surface area contributed by atoms with Gasteiger partial charge in [-0.2, -0.15) is 0 Å². The Labute approximate surface area is 123 Å². The van der Waals surface area contributed by atoms with Crippen molar-refractivity contribution >= 4 is 0 Å². The Morgan fingerprint density at radius 3 is 2.52 bits per heavy atom. The summed E-state index contributed by atoms with van der Waals surface area (Å²) in [5.41, 5.74) is 3.27. The third kappa shape index (κ3) is 3.28. The number of hydrogen-bond acceptors (Lipinski definition) is 4. The van der Waals surface area contributed by atoms with Crippen molar-refractivity contribution in [2.75, 3.05) is 0 Å². The molecule has 0 fully saturated rings. The summed E-state index contributed by atoms with van der Waals surface area (Å²) in [6.07, 6.45) is 0. The van der Waals surface area contributed by atoms with E-state index in [1.807, 2.05) is 62.4 Å². The van der Waals surface area contributed by atoms with E-state index in [0.29, 0.717) is 11.8 Å². The molecule has 2 aromatic carbocycles. The molecule has 0 atom stereocenters. The minimum Gasteiger partial charge on any atom is -0.484 e. The molecule has 0 saturated carbocycles. The van der Waals surface area contributed by atoms with E-state index in [4.69, 9.17) is 9.15 Å². The highest BCUT2D eigenvalue weighted by Crippen LogP contribution is 2.20. The molecule has 21 heavy (non-hydrogen) atoms. The van der Waals surface area contributed by atoms with Crippen molar-refractivity contribution in [2.24, 2.45) is 0 Å². The number of ether oxygens (including phenoxy) is 1. The van der Waals surface area contributed by atoms with Crippen LogP contribution in [-0.4, -0.2) is 10.2 Å². The van der Waals surface area contributed by atoms with Crippen LogP contribution in [0.1, 0.15) is 17.0 Å². The lowest BCUT2D eigenvalue weighted by Gasteiger charge is -2.03. The number of aromatic nitrogens is 2. The van der Waals surface area contributed by atoms with Crippen molar-refractivity contribution in [3.63, 3.8) is 0 Å². The fourth-order valence-electron chi connectivity index (χ4n) is 1.99. The van der Waals surface area contributed by atoms with Crippen LogP contribution in [0.25, 0.3) is 11.5 Å². The van der Waals surface area contributed by atoms with Crippen LogP contribution >= 0.6 is 0 Å². The van der Waals surface area contributed by atoms with Gasteiger partial charge in [-0.25, -0.2) is 0 Å². The summed E-state index contributed by atoms with van der Waals surface area (Å²) >= 11 is 0. The van der Waals surface area contributed by atoms with Crippen LogP contribution in [0.5, 0.6) is 5.75 Å². The normalized spacial score (nSPS) is 10.6. The average Bonchev–Trinajstić information content (AvgIpc) is 2.96. The monoisotopic (exact) mass is 280 g/mol. The van der Waals surface area contributed by atoms with Gasteiger partial charge in [-0.3, -0.25) is 0 Å². The van der Waals surface area contributed by atoms with Crippen molar-refractivity contribution in [1.29, 1.82) is 0 Å². The number of nitrogens with zero attached hydrogens (tertiary/aromatic N) is 2. The second-order valence-electron chi connectivity index (χ2n) is 4.97. The maximum atomic E-state index is 5.62. The second-order valence-corrected chi connectivity index (χ2v) is 4.97. The molecule has 0 spiro atoms. The van der Waals surface area contributed by atoms with Crippen LogP contribution in [0, 0.1) is 13.8 Å². The van der Waals surface area contributed by atoms with E-state index < -0.39 is 0 Å². The minimum atomic E-state index is 0.266. The predicted molar refractivity (Wildman–Crippen MR) is 80.0 cm³/mol. The van der Waals surface area contributed by atoms with Crippen molar-refractivity contribution < 1.29 is 9.15 Å². The Morgan fingerprint density at radius 2 is 1.76 bits per heavy atom. The fourth-order valence-corrected chi connectivity index (χ4v) is 1.99. The smallest absolute Gasteiger partial charge is 0.254 e. The maximum absolute atomic E-state index is 5.62. The molecule has 0 aliphatic carbocycles. The predicted octanol–water partition coefficient (Wildman–Crippen LogP) is 3.93. The number of aryl methyl sites for hydroxylation is 2. The molecule has 0 unspecified atom stereocenters. The van der Waals surface area contributed by atoms with E-state index in [0.717, 1.165) is 16.9 Å². The van der Waals surface area contributed by atoms with Gasteiger partial charge >= 0.3 is 0 Å². The van der Waals surface area contributed by atoms with Crippen molar-refractivity contribution in [2.45, 2.75) is 20.5 Å². The summed E-state index contributed by atoms with van der Waals surface area (Å²) in [4.78, 5) is 0. The fraction of sp³-hybridized carbons (Fsp3) is 0.176. The second kappa shape index (κ2) is 5.79. The Hall–Kier alpha value is -2.62. The molecule has 0 radical (unpaired) electrons. The molecule has 3 aromatic rings. The first-order valence-electron chi connectivity index (χ1n) is 6.79. The van der Waals surface area contributed by atoms with Gasteiger partial charge in [0.05, 0.1) is 0 Å². The van der Waals surface area contributed by atoms with E-state index in [1.54, 1.807) is 0 Å². The standard InChI is InChI=1S/C17H16N2O2/c1-12-6-8-15(9-7-12)20-11-16-18-19-17(21-16)14-5-3-4-13(2)10-14/h3-10H,11H2,1-2H3. The van der Waals surface area contributed by atoms with Crippen LogP contribution in [0.15, 0.2) is 52.9 Å². The van der Waals surface area contributed by atoms with Gasteiger partial charge in [-0.15, -0.1) is 10.2 Å². The summed E-state index contributed by atoms with van der Waals surface area (Å²) in [5.74, 6) is 1.77. The Bertz CT molecular complexity index is 733. The minimum absolute atomic E-state index is 0.266. The van der Waals surface area contributed by atoms with Crippen LogP contribution in [0.4, 0.5) is 0 Å². The largest absolute Gasteiger partial charge is 0.484 e. The van der Waals surface area contributed by atoms with E-state index in [-0.39, 0.29) is 6.61 Å². The molecule has 0 saturated heterocycles. The van der Waals surface area contributed by atoms with Crippen LogP contribution in [-0.2, 0) is 6.61 Å². The first kappa shape index (κ1) is 13.4. The zero-order valence-electron chi connectivity index (χ0n) is 12.0. The summed E-state index contributed by atoms with van der Waals surface area (Å²) in [5, 5.41) is 8.07. The van der Waals surface area contributed by atoms with E-state index in [1.165, 1.54) is 5.56 Å². The van der Waals surface area contributed by atoms with Gasteiger partial charge in [0.25, 0.3) is 5.89 Å². The van der Waals surface area contributed by atoms with Gasteiger partial charge in [0.2, 0.25) is 5.89 Å². The molecule has 0 amide bonds. The third-order valence-corrected chi connectivity index (χ3v) is 3.12. The first-order chi connectivity index (χ1) is 10.2. The SMILES string of the molecule is Cc1ccc(OCc2nnc(-c3cccc(C)c3)o2)cc1. The molecular weight excluding hydrogens is 264 g/mol. The van der Waals surface area contributed by atoms with Gasteiger partial charge in [0.15, 0.2) is 6.61 Å². The van der Waals surface area contributed by atoms with Crippen LogP contribution in [0.3, 0.4) is 0 Å². The Balaban J connectivity index is 1.69. The van der Waals surface area contributed by atoms with Gasteiger partial charge in [-0.05, 0) is 38.1 Å². The van der Waals surface area contributed by atoms with Crippen molar-refractivity contribution in [3.05, 3.63) is 65.5 Å². The van der Waals surface area contributed by atoms with Gasteiger partial charge in [0, 0.05) is 5.56 Å². The molecule has 0 N–H and O–H groups in total. The highest BCUT2D eigenvalue weighted by Gasteiger charge is 2.09. The highest BCUT2D eigenvalue weighted by atomic mass is 16.5. The molecule has 106 valence electrons. The van der Waals surface area contributed by atoms with Gasteiger partial charge < -0.3 is 9.15 Å². The summed E-state index contributed by atoms with van der Waals surface area (Å²) < 4.78 is 11.2. The molecule has 0 aliphatic rings. The number of benzene rings is 2. The zero-order valence-corrected chi connectivity index (χ0v) is 12.0. The molecule has 3 rings (SSSR count). The molecule has 0 bridgehead atoms. The van der Waals surface area contributed by atoms with Gasteiger partial charge in [0.1, 0.15) is 5.75 Å². The Morgan fingerprint density at radius 1 is 0.952 bits per heavy atom. The summed E-state index contributed by atoms with van der Waals surface area (Å²) in [7, 11) is 0. The van der Waals surface area contributed by atoms with Crippen molar-refractivity contribution in [3.8, 4) is 17.2 Å². The van der Waals surface area contributed by atoms with E-state index in [9.17, 15) is 0 Å². The molecule has 1 heterocycles. The zero-order chi connectivity index (χ0) is 14.7. The lowest BCUT2D eigenvalue weighted by atomic mass is 10.1. The van der Waals surface area contributed by atoms with Crippen molar-refractivity contribution in [1.82, 2.24) is 10.2 Å². The first-order valence-corrected chi connectivity index (χ1v) is 6.79. The molecular formula is C17H16N2O2. The molecule has 4 heteroatoms. The molecule has 4 nitrogen and oxygen atoms in total. The summed E-state index contributed by atoms with van der Waals surface area (Å²) in [6.45, 7) is 4.33. The van der Waals surface area contributed by atoms with Crippen LogP contribution in [0.2, 0.25) is 0 Å². The van der Waals surface area contributed by atoms with E-state index >= 15 is 0 Å². The average molecular weight is 280 g/mol. The maximum Gasteiger partial charge on any atom is 0.254 e. The summed E-state index contributed by atoms with van der Waals surface area (Å²) in [6, 6.07) is 15.8. The Kier molecular flexibility index (Phi) is 3.69. The van der Waals surface area contributed by atoms with Gasteiger partial charge in [-0.1, -0.05) is 35.4 Å². The number of rotatable bonds is 4.